The van der Waals surface area contributed by atoms with Gasteiger partial charge in [-0.2, -0.15) is 0 Å². The molecule has 2 aromatic rings. The first kappa shape index (κ1) is 13.2. The molecule has 2 aromatic heterocycles. The number of carbonyl (C=O) groups is 1. The molecule has 3 heterocycles. The smallest absolute Gasteiger partial charge is 0.265 e. The van der Waals surface area contributed by atoms with Crippen LogP contribution in [0.5, 0.6) is 0 Å². The number of piperidine rings is 1. The molecule has 0 radical (unpaired) electrons. The fraction of sp³-hybridized carbons (Fsp3) is 0.538. The molecule has 106 valence electrons. The second-order valence-corrected chi connectivity index (χ2v) is 6.26. The zero-order valence-corrected chi connectivity index (χ0v) is 12.4. The fourth-order valence-electron chi connectivity index (χ4n) is 2.62. The van der Waals surface area contributed by atoms with Crippen LogP contribution in [0, 0.1) is 13.8 Å². The molecule has 0 aromatic carbocycles. The number of rotatable bonds is 2. The highest BCUT2D eigenvalue weighted by Crippen LogP contribution is 2.25. The summed E-state index contributed by atoms with van der Waals surface area (Å²) in [7, 11) is 0. The van der Waals surface area contributed by atoms with Crippen molar-refractivity contribution in [3.63, 3.8) is 0 Å². The molecule has 7 heteroatoms. The van der Waals surface area contributed by atoms with Crippen LogP contribution in [0.4, 0.5) is 0 Å². The van der Waals surface area contributed by atoms with E-state index >= 15 is 0 Å². The predicted molar refractivity (Wildman–Crippen MR) is 75.8 cm³/mol. The minimum Gasteiger partial charge on any atom is -0.338 e. The van der Waals surface area contributed by atoms with Gasteiger partial charge in [0, 0.05) is 19.3 Å². The lowest BCUT2D eigenvalue weighted by Gasteiger charge is -2.31. The van der Waals surface area contributed by atoms with Gasteiger partial charge in [0.2, 0.25) is 0 Å². The summed E-state index contributed by atoms with van der Waals surface area (Å²) in [6.45, 7) is 5.36. The van der Waals surface area contributed by atoms with E-state index < -0.39 is 0 Å². The lowest BCUT2D eigenvalue weighted by atomic mass is 10.1. The van der Waals surface area contributed by atoms with Gasteiger partial charge in [-0.3, -0.25) is 4.79 Å². The van der Waals surface area contributed by atoms with Crippen molar-refractivity contribution in [2.24, 2.45) is 0 Å². The normalized spacial score (nSPS) is 16.6. The molecule has 1 aliphatic rings. The summed E-state index contributed by atoms with van der Waals surface area (Å²) in [5, 5.41) is 8.83. The molecule has 0 aliphatic carbocycles. The topological polar surface area (TPSA) is 63.9 Å². The van der Waals surface area contributed by atoms with Crippen LogP contribution in [0.3, 0.4) is 0 Å². The number of carbonyl (C=O) groups excluding carboxylic acids is 1. The zero-order valence-electron chi connectivity index (χ0n) is 11.6. The first-order valence-electron chi connectivity index (χ1n) is 6.74. The maximum atomic E-state index is 12.5. The van der Waals surface area contributed by atoms with Gasteiger partial charge < -0.3 is 4.90 Å². The molecule has 0 saturated carbocycles. The van der Waals surface area contributed by atoms with Gasteiger partial charge in [0.05, 0.1) is 22.9 Å². The van der Waals surface area contributed by atoms with Crippen LogP contribution in [0.1, 0.15) is 39.3 Å². The van der Waals surface area contributed by atoms with Crippen LogP contribution in [0.2, 0.25) is 0 Å². The Morgan fingerprint density at radius 1 is 1.35 bits per heavy atom. The van der Waals surface area contributed by atoms with Crippen molar-refractivity contribution in [3.05, 3.63) is 28.0 Å². The highest BCUT2D eigenvalue weighted by molar-refractivity contribution is 7.13. The van der Waals surface area contributed by atoms with Crippen LogP contribution in [0.25, 0.3) is 0 Å². The first-order chi connectivity index (χ1) is 9.65. The van der Waals surface area contributed by atoms with Gasteiger partial charge in [-0.15, -0.1) is 16.4 Å². The van der Waals surface area contributed by atoms with E-state index in [2.05, 4.69) is 15.3 Å². The number of thiazole rings is 1. The molecule has 20 heavy (non-hydrogen) atoms. The SMILES string of the molecule is Cc1nc(C)c(C(=O)N2CCC(n3ccnn3)CC2)s1. The van der Waals surface area contributed by atoms with Crippen LogP contribution in [-0.4, -0.2) is 43.9 Å². The van der Waals surface area contributed by atoms with Crippen molar-refractivity contribution < 1.29 is 4.79 Å². The lowest BCUT2D eigenvalue weighted by molar-refractivity contribution is 0.0693. The summed E-state index contributed by atoms with van der Waals surface area (Å²) >= 11 is 1.48. The molecule has 1 aliphatic heterocycles. The van der Waals surface area contributed by atoms with Crippen molar-refractivity contribution in [2.75, 3.05) is 13.1 Å². The summed E-state index contributed by atoms with van der Waals surface area (Å²) in [5.74, 6) is 0.116. The highest BCUT2D eigenvalue weighted by atomic mass is 32.1. The molecular formula is C13H17N5OS. The number of amides is 1. The van der Waals surface area contributed by atoms with E-state index in [0.29, 0.717) is 6.04 Å². The summed E-state index contributed by atoms with van der Waals surface area (Å²) < 4.78 is 1.89. The van der Waals surface area contributed by atoms with Crippen LogP contribution >= 0.6 is 11.3 Å². The summed E-state index contributed by atoms with van der Waals surface area (Å²) in [6.07, 6.45) is 5.43. The van der Waals surface area contributed by atoms with Crippen molar-refractivity contribution in [1.82, 2.24) is 24.9 Å². The fourth-order valence-corrected chi connectivity index (χ4v) is 3.51. The average Bonchev–Trinajstić information content (AvgIpc) is 3.08. The minimum absolute atomic E-state index is 0.116. The molecule has 0 N–H and O–H groups in total. The zero-order chi connectivity index (χ0) is 14.1. The Hall–Kier alpha value is -1.76. The molecule has 0 spiro atoms. The van der Waals surface area contributed by atoms with Gasteiger partial charge in [-0.1, -0.05) is 5.21 Å². The number of aryl methyl sites for hydroxylation is 2. The number of aromatic nitrogens is 4. The van der Waals surface area contributed by atoms with E-state index in [-0.39, 0.29) is 5.91 Å². The molecule has 0 atom stereocenters. The van der Waals surface area contributed by atoms with Gasteiger partial charge >= 0.3 is 0 Å². The molecule has 0 bridgehead atoms. The Morgan fingerprint density at radius 2 is 2.10 bits per heavy atom. The molecule has 1 fully saturated rings. The minimum atomic E-state index is 0.116. The lowest BCUT2D eigenvalue weighted by Crippen LogP contribution is -2.39. The van der Waals surface area contributed by atoms with Crippen molar-refractivity contribution in [1.29, 1.82) is 0 Å². The molecule has 3 rings (SSSR count). The Balaban J connectivity index is 1.66. The predicted octanol–water partition coefficient (Wildman–Crippen LogP) is 1.83. The third-order valence-electron chi connectivity index (χ3n) is 3.66. The van der Waals surface area contributed by atoms with Crippen LogP contribution in [0.15, 0.2) is 12.4 Å². The van der Waals surface area contributed by atoms with Crippen molar-refractivity contribution in [3.8, 4) is 0 Å². The van der Waals surface area contributed by atoms with E-state index in [1.165, 1.54) is 11.3 Å². The van der Waals surface area contributed by atoms with Gasteiger partial charge in [-0.05, 0) is 26.7 Å². The Morgan fingerprint density at radius 3 is 2.65 bits per heavy atom. The van der Waals surface area contributed by atoms with Crippen LogP contribution < -0.4 is 0 Å². The van der Waals surface area contributed by atoms with Gasteiger partial charge in [0.25, 0.3) is 5.91 Å². The number of hydrogen-bond donors (Lipinski definition) is 0. The van der Waals surface area contributed by atoms with E-state index in [4.69, 9.17) is 0 Å². The maximum Gasteiger partial charge on any atom is 0.265 e. The van der Waals surface area contributed by atoms with Gasteiger partial charge in [0.1, 0.15) is 4.88 Å². The monoisotopic (exact) mass is 291 g/mol. The van der Waals surface area contributed by atoms with E-state index in [9.17, 15) is 4.79 Å². The molecule has 1 amide bonds. The highest BCUT2D eigenvalue weighted by Gasteiger charge is 2.26. The second-order valence-electron chi connectivity index (χ2n) is 5.05. The summed E-state index contributed by atoms with van der Waals surface area (Å²) in [5.41, 5.74) is 0.843. The molecule has 6 nitrogen and oxygen atoms in total. The van der Waals surface area contributed by atoms with Crippen molar-refractivity contribution >= 4 is 17.2 Å². The van der Waals surface area contributed by atoms with E-state index in [1.807, 2.05) is 29.6 Å². The Labute approximate surface area is 121 Å². The quantitative estimate of drug-likeness (QED) is 0.847. The number of nitrogens with zero attached hydrogens (tertiary/aromatic N) is 5. The first-order valence-corrected chi connectivity index (χ1v) is 7.56. The van der Waals surface area contributed by atoms with Crippen molar-refractivity contribution in [2.45, 2.75) is 32.7 Å². The summed E-state index contributed by atoms with van der Waals surface area (Å²) in [6, 6.07) is 0.353. The number of likely N-dealkylation sites (tertiary alicyclic amines) is 1. The number of hydrogen-bond acceptors (Lipinski definition) is 5. The molecule has 1 saturated heterocycles. The third kappa shape index (κ3) is 2.45. The Kier molecular flexibility index (Phi) is 3.52. The molecule has 0 unspecified atom stereocenters. The Bertz CT molecular complexity index is 598. The van der Waals surface area contributed by atoms with E-state index in [0.717, 1.165) is 41.5 Å². The largest absolute Gasteiger partial charge is 0.338 e. The second kappa shape index (κ2) is 5.32. The average molecular weight is 291 g/mol. The maximum absolute atomic E-state index is 12.5. The van der Waals surface area contributed by atoms with Crippen LogP contribution in [-0.2, 0) is 0 Å². The van der Waals surface area contributed by atoms with Gasteiger partial charge in [0.15, 0.2) is 0 Å². The third-order valence-corrected chi connectivity index (χ3v) is 4.73. The van der Waals surface area contributed by atoms with Gasteiger partial charge in [-0.25, -0.2) is 9.67 Å². The molecular weight excluding hydrogens is 274 g/mol. The standard InChI is InChI=1S/C13H17N5OS/c1-9-12(20-10(2)15-9)13(19)17-6-3-11(4-7-17)18-8-5-14-16-18/h5,8,11H,3-4,6-7H2,1-2H3. The van der Waals surface area contributed by atoms with E-state index in [1.54, 1.807) is 6.20 Å². The summed E-state index contributed by atoms with van der Waals surface area (Å²) in [4.78, 5) is 19.5.